The molecule has 0 bridgehead atoms. The van der Waals surface area contributed by atoms with Crippen LogP contribution in [-0.4, -0.2) is 55.3 Å². The van der Waals surface area contributed by atoms with Gasteiger partial charge >= 0.3 is 0 Å². The van der Waals surface area contributed by atoms with Crippen LogP contribution in [0.1, 0.15) is 39.3 Å². The predicted molar refractivity (Wildman–Crippen MR) is 124 cm³/mol. The van der Waals surface area contributed by atoms with Crippen molar-refractivity contribution < 1.29 is 14.3 Å². The maximum absolute atomic E-state index is 13.3. The average Bonchev–Trinajstić information content (AvgIpc) is 2.74. The summed E-state index contributed by atoms with van der Waals surface area (Å²) in [4.78, 5) is 15.7. The van der Waals surface area contributed by atoms with E-state index in [1.165, 1.54) is 0 Å². The van der Waals surface area contributed by atoms with Crippen LogP contribution < -0.4 is 15.4 Å². The Morgan fingerprint density at radius 1 is 1.13 bits per heavy atom. The minimum atomic E-state index is -0.470. The van der Waals surface area contributed by atoms with Crippen molar-refractivity contribution >= 4 is 11.6 Å². The van der Waals surface area contributed by atoms with E-state index in [-0.39, 0.29) is 23.7 Å². The van der Waals surface area contributed by atoms with Crippen molar-refractivity contribution in [3.63, 3.8) is 0 Å². The van der Waals surface area contributed by atoms with E-state index in [0.29, 0.717) is 18.0 Å². The maximum Gasteiger partial charge on any atom is 0.246 e. The summed E-state index contributed by atoms with van der Waals surface area (Å²) < 4.78 is 11.2. The Hall–Kier alpha value is -2.41. The zero-order valence-electron chi connectivity index (χ0n) is 19.2. The molecule has 6 nitrogen and oxygen atoms in total. The Morgan fingerprint density at radius 2 is 1.81 bits per heavy atom. The summed E-state index contributed by atoms with van der Waals surface area (Å²) >= 11 is 0. The normalized spacial score (nSPS) is 20.8. The highest BCUT2D eigenvalue weighted by atomic mass is 16.5. The van der Waals surface area contributed by atoms with E-state index in [1.54, 1.807) is 7.11 Å². The summed E-state index contributed by atoms with van der Waals surface area (Å²) in [5, 5.41) is 6.56. The van der Waals surface area contributed by atoms with Gasteiger partial charge in [0.25, 0.3) is 0 Å². The minimum Gasteiger partial charge on any atom is -0.497 e. The Balaban J connectivity index is 1.74. The van der Waals surface area contributed by atoms with Crippen molar-refractivity contribution in [2.75, 3.05) is 32.1 Å². The largest absolute Gasteiger partial charge is 0.497 e. The number of anilines is 1. The van der Waals surface area contributed by atoms with Crippen molar-refractivity contribution in [2.24, 2.45) is 0 Å². The molecule has 0 aromatic heterocycles. The van der Waals surface area contributed by atoms with Crippen LogP contribution in [0.4, 0.5) is 5.69 Å². The lowest BCUT2D eigenvalue weighted by molar-refractivity contribution is -0.119. The molecule has 0 radical (unpaired) electrons. The Kier molecular flexibility index (Phi) is 7.70. The Labute approximate surface area is 185 Å². The maximum atomic E-state index is 13.3. The number of carbonyl (C=O) groups is 1. The average molecular weight is 426 g/mol. The van der Waals surface area contributed by atoms with Crippen molar-refractivity contribution in [3.05, 3.63) is 60.2 Å². The van der Waals surface area contributed by atoms with E-state index in [0.717, 1.165) is 18.7 Å². The summed E-state index contributed by atoms with van der Waals surface area (Å²) in [7, 11) is 1.62. The summed E-state index contributed by atoms with van der Waals surface area (Å²) in [5.41, 5.74) is 1.51. The third-order valence-electron chi connectivity index (χ3n) is 5.75. The molecule has 0 spiro atoms. The zero-order valence-corrected chi connectivity index (χ0v) is 19.2. The first-order chi connectivity index (χ1) is 14.8. The van der Waals surface area contributed by atoms with Crippen LogP contribution in [0.15, 0.2) is 54.6 Å². The fraction of sp³-hybridized carbons (Fsp3) is 0.480. The zero-order chi connectivity index (χ0) is 22.4. The van der Waals surface area contributed by atoms with Gasteiger partial charge in [-0.1, -0.05) is 36.4 Å². The predicted octanol–water partition coefficient (Wildman–Crippen LogP) is 3.85. The molecule has 6 heteroatoms. The van der Waals surface area contributed by atoms with Crippen LogP contribution in [0.5, 0.6) is 5.75 Å². The van der Waals surface area contributed by atoms with Gasteiger partial charge in [0, 0.05) is 36.9 Å². The van der Waals surface area contributed by atoms with Gasteiger partial charge in [0.05, 0.1) is 19.3 Å². The second-order valence-corrected chi connectivity index (χ2v) is 8.92. The van der Waals surface area contributed by atoms with Gasteiger partial charge in [-0.25, -0.2) is 0 Å². The van der Waals surface area contributed by atoms with Crippen LogP contribution >= 0.6 is 0 Å². The number of hydrogen-bond donors (Lipinski definition) is 2. The molecule has 1 amide bonds. The number of methoxy groups -OCH3 is 1. The summed E-state index contributed by atoms with van der Waals surface area (Å²) in [6.07, 6.45) is 0.397. The molecule has 168 valence electrons. The molecule has 3 atom stereocenters. The molecule has 0 aliphatic carbocycles. The second-order valence-electron chi connectivity index (χ2n) is 8.92. The first kappa shape index (κ1) is 23.3. The number of carbonyl (C=O) groups excluding carboxylic acids is 1. The van der Waals surface area contributed by atoms with Gasteiger partial charge in [-0.3, -0.25) is 9.69 Å². The van der Waals surface area contributed by atoms with E-state index in [9.17, 15) is 4.79 Å². The smallest absolute Gasteiger partial charge is 0.246 e. The van der Waals surface area contributed by atoms with Crippen LogP contribution in [0, 0.1) is 0 Å². The van der Waals surface area contributed by atoms with E-state index >= 15 is 0 Å². The fourth-order valence-corrected chi connectivity index (χ4v) is 4.06. The van der Waals surface area contributed by atoms with Crippen molar-refractivity contribution in [1.29, 1.82) is 0 Å². The highest BCUT2D eigenvalue weighted by Gasteiger charge is 2.34. The lowest BCUT2D eigenvalue weighted by atomic mass is 9.98. The topological polar surface area (TPSA) is 62.8 Å². The van der Waals surface area contributed by atoms with E-state index in [2.05, 4.69) is 43.2 Å². The third kappa shape index (κ3) is 6.29. The molecular formula is C25H35N3O3. The standard InChI is InChI=1S/C25H35N3O3/c1-18-15-28(16-19(2)31-18)25(3,4)17-26-23(20-10-7-6-8-11-20)24(29)27-21-12-9-13-22(14-21)30-5/h6-14,18-19,23,26H,15-17H2,1-5H3,(H,27,29). The number of amides is 1. The first-order valence-corrected chi connectivity index (χ1v) is 10.9. The fourth-order valence-electron chi connectivity index (χ4n) is 4.06. The highest BCUT2D eigenvalue weighted by molar-refractivity contribution is 5.95. The molecule has 1 saturated heterocycles. The Bertz CT molecular complexity index is 846. The lowest BCUT2D eigenvalue weighted by Gasteiger charge is -2.45. The first-order valence-electron chi connectivity index (χ1n) is 10.9. The molecule has 1 fully saturated rings. The van der Waals surface area contributed by atoms with Crippen LogP contribution in [0.3, 0.4) is 0 Å². The van der Waals surface area contributed by atoms with Crippen molar-refractivity contribution in [3.8, 4) is 5.75 Å². The molecule has 1 heterocycles. The van der Waals surface area contributed by atoms with Gasteiger partial charge in [-0.05, 0) is 45.4 Å². The molecule has 2 aromatic rings. The SMILES string of the molecule is COc1cccc(NC(=O)C(NCC(C)(C)N2CC(C)OC(C)C2)c2ccccc2)c1. The molecule has 3 unspecified atom stereocenters. The van der Waals surface area contributed by atoms with Gasteiger partial charge in [0.15, 0.2) is 0 Å². The van der Waals surface area contributed by atoms with Gasteiger partial charge in [-0.2, -0.15) is 0 Å². The molecule has 3 rings (SSSR count). The van der Waals surface area contributed by atoms with Crippen LogP contribution in [0.2, 0.25) is 0 Å². The number of benzene rings is 2. The molecule has 2 aromatic carbocycles. The monoisotopic (exact) mass is 425 g/mol. The van der Waals surface area contributed by atoms with Gasteiger partial charge < -0.3 is 20.1 Å². The number of nitrogens with zero attached hydrogens (tertiary/aromatic N) is 1. The van der Waals surface area contributed by atoms with Crippen molar-refractivity contribution in [1.82, 2.24) is 10.2 Å². The number of nitrogens with one attached hydrogen (secondary N) is 2. The molecule has 1 aliphatic heterocycles. The lowest BCUT2D eigenvalue weighted by Crippen LogP contribution is -2.58. The molecule has 0 saturated carbocycles. The summed E-state index contributed by atoms with van der Waals surface area (Å²) in [6.45, 7) is 11.1. The second kappa shape index (κ2) is 10.3. The number of hydrogen-bond acceptors (Lipinski definition) is 5. The van der Waals surface area contributed by atoms with E-state index < -0.39 is 6.04 Å². The minimum absolute atomic E-state index is 0.0982. The summed E-state index contributed by atoms with van der Waals surface area (Å²) in [6, 6.07) is 16.8. The Morgan fingerprint density at radius 3 is 2.45 bits per heavy atom. The van der Waals surface area contributed by atoms with Gasteiger partial charge in [-0.15, -0.1) is 0 Å². The molecule has 2 N–H and O–H groups in total. The highest BCUT2D eigenvalue weighted by Crippen LogP contribution is 2.24. The molecular weight excluding hydrogens is 390 g/mol. The van der Waals surface area contributed by atoms with Crippen molar-refractivity contribution in [2.45, 2.75) is 51.5 Å². The van der Waals surface area contributed by atoms with E-state index in [4.69, 9.17) is 9.47 Å². The molecule has 31 heavy (non-hydrogen) atoms. The number of rotatable bonds is 8. The van der Waals surface area contributed by atoms with Gasteiger partial charge in [0.1, 0.15) is 11.8 Å². The van der Waals surface area contributed by atoms with Crippen LogP contribution in [-0.2, 0) is 9.53 Å². The quantitative estimate of drug-likeness (QED) is 0.673. The van der Waals surface area contributed by atoms with Gasteiger partial charge in [0.2, 0.25) is 5.91 Å². The van der Waals surface area contributed by atoms with E-state index in [1.807, 2.05) is 54.6 Å². The third-order valence-corrected chi connectivity index (χ3v) is 5.75. The number of morpholine rings is 1. The van der Waals surface area contributed by atoms with Crippen LogP contribution in [0.25, 0.3) is 0 Å². The number of ether oxygens (including phenoxy) is 2. The summed E-state index contributed by atoms with van der Waals surface area (Å²) in [5.74, 6) is 0.609. The molecule has 1 aliphatic rings.